The minimum absolute atomic E-state index is 0.0938. The van der Waals surface area contributed by atoms with Crippen LogP contribution in [0.5, 0.6) is 0 Å². The summed E-state index contributed by atoms with van der Waals surface area (Å²) in [6.07, 6.45) is 0.615. The molecule has 0 bridgehead atoms. The van der Waals surface area contributed by atoms with Crippen molar-refractivity contribution in [1.82, 2.24) is 14.3 Å². The summed E-state index contributed by atoms with van der Waals surface area (Å²) in [5.74, 6) is 0.155. The lowest BCUT2D eigenvalue weighted by Crippen LogP contribution is -2.51. The van der Waals surface area contributed by atoms with Crippen molar-refractivity contribution in [3.8, 4) is 0 Å². The Morgan fingerprint density at radius 2 is 2.06 bits per heavy atom. The van der Waals surface area contributed by atoms with E-state index in [9.17, 15) is 8.42 Å². The van der Waals surface area contributed by atoms with E-state index in [-0.39, 0.29) is 12.5 Å². The number of aliphatic hydroxyl groups excluding tert-OH is 1. The highest BCUT2D eigenvalue weighted by molar-refractivity contribution is 7.87. The Hall–Kier alpha value is -0.210. The molecule has 7 heteroatoms. The average Bonchev–Trinajstić information content (AvgIpc) is 2.28. The van der Waals surface area contributed by atoms with Crippen LogP contribution in [0.2, 0.25) is 0 Å². The molecule has 1 unspecified atom stereocenters. The molecule has 3 N–H and O–H groups in total. The first-order valence-electron chi connectivity index (χ1n) is 5.62. The maximum Gasteiger partial charge on any atom is 0.279 e. The minimum atomic E-state index is -3.34. The van der Waals surface area contributed by atoms with Crippen LogP contribution >= 0.6 is 0 Å². The van der Waals surface area contributed by atoms with E-state index in [4.69, 9.17) is 5.11 Å². The highest BCUT2D eigenvalue weighted by Gasteiger charge is 2.23. The number of rotatable bonds is 6. The molecule has 16 heavy (non-hydrogen) atoms. The van der Waals surface area contributed by atoms with Gasteiger partial charge in [-0.25, -0.2) is 4.72 Å². The van der Waals surface area contributed by atoms with Gasteiger partial charge < -0.3 is 10.4 Å². The molecular weight excluding hydrogens is 230 g/mol. The van der Waals surface area contributed by atoms with Crippen molar-refractivity contribution in [3.05, 3.63) is 0 Å². The molecular formula is C9H21N3O3S. The molecule has 0 saturated carbocycles. The van der Waals surface area contributed by atoms with E-state index in [1.54, 1.807) is 0 Å². The number of hydrogen-bond donors (Lipinski definition) is 3. The third-order valence-corrected chi connectivity index (χ3v) is 4.23. The normalized spacial score (nSPS) is 20.9. The number of piperazine rings is 1. The summed E-state index contributed by atoms with van der Waals surface area (Å²) in [4.78, 5) is 0. The zero-order valence-electron chi connectivity index (χ0n) is 9.65. The van der Waals surface area contributed by atoms with Crippen LogP contribution in [-0.4, -0.2) is 57.2 Å². The fraction of sp³-hybridized carbons (Fsp3) is 1.00. The standard InChI is InChI=1S/C9H21N3O3S/c1-9(2-7-13)8-11-16(14,15)12-5-3-10-4-6-12/h9-11,13H,2-8H2,1H3. The highest BCUT2D eigenvalue weighted by Crippen LogP contribution is 2.03. The smallest absolute Gasteiger partial charge is 0.279 e. The third kappa shape index (κ3) is 4.34. The van der Waals surface area contributed by atoms with Crippen molar-refractivity contribution < 1.29 is 13.5 Å². The fourth-order valence-corrected chi connectivity index (χ4v) is 2.89. The molecule has 0 radical (unpaired) electrons. The van der Waals surface area contributed by atoms with E-state index in [2.05, 4.69) is 10.0 Å². The molecule has 0 spiro atoms. The topological polar surface area (TPSA) is 81.7 Å². The summed E-state index contributed by atoms with van der Waals surface area (Å²) >= 11 is 0. The molecule has 0 aromatic heterocycles. The Balaban J connectivity index is 2.38. The first kappa shape index (κ1) is 13.9. The molecule has 96 valence electrons. The molecule has 1 fully saturated rings. The maximum absolute atomic E-state index is 11.8. The molecule has 1 heterocycles. The van der Waals surface area contributed by atoms with Gasteiger partial charge >= 0.3 is 0 Å². The largest absolute Gasteiger partial charge is 0.396 e. The van der Waals surface area contributed by atoms with Crippen molar-refractivity contribution in [2.45, 2.75) is 13.3 Å². The predicted molar refractivity (Wildman–Crippen MR) is 62.2 cm³/mol. The fourth-order valence-electron chi connectivity index (χ4n) is 1.55. The van der Waals surface area contributed by atoms with Crippen molar-refractivity contribution in [3.63, 3.8) is 0 Å². The minimum Gasteiger partial charge on any atom is -0.396 e. The summed E-state index contributed by atoms with van der Waals surface area (Å²) in [7, 11) is -3.34. The first-order valence-corrected chi connectivity index (χ1v) is 7.06. The van der Waals surface area contributed by atoms with Crippen LogP contribution in [0.15, 0.2) is 0 Å². The summed E-state index contributed by atoms with van der Waals surface area (Å²) < 4.78 is 27.7. The van der Waals surface area contributed by atoms with Gasteiger partial charge in [0, 0.05) is 39.3 Å². The lowest BCUT2D eigenvalue weighted by molar-refractivity contribution is 0.262. The van der Waals surface area contributed by atoms with E-state index >= 15 is 0 Å². The quantitative estimate of drug-likeness (QED) is 0.551. The second kappa shape index (κ2) is 6.51. The molecule has 1 saturated heterocycles. The lowest BCUT2D eigenvalue weighted by Gasteiger charge is -2.27. The zero-order chi connectivity index (χ0) is 12.0. The molecule has 1 rings (SSSR count). The van der Waals surface area contributed by atoms with Gasteiger partial charge in [-0.2, -0.15) is 12.7 Å². The van der Waals surface area contributed by atoms with Crippen LogP contribution in [0.3, 0.4) is 0 Å². The van der Waals surface area contributed by atoms with E-state index in [1.807, 2.05) is 6.92 Å². The molecule has 6 nitrogen and oxygen atoms in total. The number of hydrogen-bond acceptors (Lipinski definition) is 4. The van der Waals surface area contributed by atoms with Gasteiger partial charge in [0.1, 0.15) is 0 Å². The Morgan fingerprint density at radius 1 is 1.44 bits per heavy atom. The van der Waals surface area contributed by atoms with Crippen molar-refractivity contribution >= 4 is 10.2 Å². The molecule has 1 aliphatic rings. The second-order valence-electron chi connectivity index (χ2n) is 4.12. The molecule has 1 aliphatic heterocycles. The third-order valence-electron chi connectivity index (χ3n) is 2.65. The van der Waals surface area contributed by atoms with Crippen LogP contribution < -0.4 is 10.0 Å². The Morgan fingerprint density at radius 3 is 2.62 bits per heavy atom. The van der Waals surface area contributed by atoms with Gasteiger partial charge in [-0.15, -0.1) is 0 Å². The molecule has 0 aromatic rings. The Labute approximate surface area is 97.2 Å². The van der Waals surface area contributed by atoms with E-state index in [0.29, 0.717) is 39.1 Å². The maximum atomic E-state index is 11.8. The zero-order valence-corrected chi connectivity index (χ0v) is 10.5. The van der Waals surface area contributed by atoms with Crippen molar-refractivity contribution in [2.75, 3.05) is 39.3 Å². The Bertz CT molecular complexity index is 288. The highest BCUT2D eigenvalue weighted by atomic mass is 32.2. The second-order valence-corrected chi connectivity index (χ2v) is 5.88. The van der Waals surface area contributed by atoms with Crippen molar-refractivity contribution in [2.24, 2.45) is 5.92 Å². The van der Waals surface area contributed by atoms with E-state index < -0.39 is 10.2 Å². The van der Waals surface area contributed by atoms with Crippen LogP contribution in [0.1, 0.15) is 13.3 Å². The molecule has 1 atom stereocenters. The SMILES string of the molecule is CC(CCO)CNS(=O)(=O)N1CCNCC1. The molecule has 0 aromatic carbocycles. The molecule has 0 amide bonds. The van der Waals surface area contributed by atoms with E-state index in [0.717, 1.165) is 0 Å². The summed E-state index contributed by atoms with van der Waals surface area (Å²) in [6, 6.07) is 0. The number of aliphatic hydroxyl groups is 1. The number of nitrogens with zero attached hydrogens (tertiary/aromatic N) is 1. The van der Waals surface area contributed by atoms with Crippen LogP contribution in [-0.2, 0) is 10.2 Å². The lowest BCUT2D eigenvalue weighted by atomic mass is 10.1. The van der Waals surface area contributed by atoms with Gasteiger partial charge in [0.05, 0.1) is 0 Å². The monoisotopic (exact) mass is 251 g/mol. The average molecular weight is 251 g/mol. The van der Waals surface area contributed by atoms with Gasteiger partial charge in [0.2, 0.25) is 0 Å². The van der Waals surface area contributed by atoms with Gasteiger partial charge in [0.15, 0.2) is 0 Å². The van der Waals surface area contributed by atoms with Crippen LogP contribution in [0, 0.1) is 5.92 Å². The van der Waals surface area contributed by atoms with Crippen LogP contribution in [0.4, 0.5) is 0 Å². The van der Waals surface area contributed by atoms with Gasteiger partial charge in [-0.1, -0.05) is 6.92 Å². The summed E-state index contributed by atoms with van der Waals surface area (Å²) in [5, 5.41) is 11.8. The van der Waals surface area contributed by atoms with Gasteiger partial charge in [-0.05, 0) is 12.3 Å². The number of nitrogens with one attached hydrogen (secondary N) is 2. The molecule has 0 aliphatic carbocycles. The summed E-state index contributed by atoms with van der Waals surface area (Å²) in [5.41, 5.74) is 0. The van der Waals surface area contributed by atoms with Gasteiger partial charge in [-0.3, -0.25) is 0 Å². The first-order chi connectivity index (χ1) is 7.56. The van der Waals surface area contributed by atoms with Crippen molar-refractivity contribution in [1.29, 1.82) is 0 Å². The predicted octanol–water partition coefficient (Wildman–Crippen LogP) is -1.26. The van der Waals surface area contributed by atoms with Gasteiger partial charge in [0.25, 0.3) is 10.2 Å². The van der Waals surface area contributed by atoms with E-state index in [1.165, 1.54) is 4.31 Å². The van der Waals surface area contributed by atoms with Crippen LogP contribution in [0.25, 0.3) is 0 Å². The Kier molecular flexibility index (Phi) is 5.63. The summed E-state index contributed by atoms with van der Waals surface area (Å²) in [6.45, 7) is 4.83.